The summed E-state index contributed by atoms with van der Waals surface area (Å²) in [4.78, 5) is 40.7. The van der Waals surface area contributed by atoms with Gasteiger partial charge in [0.15, 0.2) is 0 Å². The first-order valence-electron chi connectivity index (χ1n) is 10.8. The molecule has 5 rings (SSSR count). The molecule has 2 atom stereocenters. The van der Waals surface area contributed by atoms with Crippen molar-refractivity contribution in [2.24, 2.45) is 7.05 Å². The first kappa shape index (κ1) is 21.3. The largest absolute Gasteiger partial charge is 0.348 e. The van der Waals surface area contributed by atoms with Crippen LogP contribution in [0.15, 0.2) is 60.8 Å². The predicted octanol–water partition coefficient (Wildman–Crippen LogP) is 3.70. The van der Waals surface area contributed by atoms with Crippen LogP contribution in [0.3, 0.4) is 0 Å². The molecule has 2 unspecified atom stereocenters. The van der Waals surface area contributed by atoms with Crippen molar-refractivity contribution in [2.45, 2.75) is 24.9 Å². The fraction of sp³-hybridized carbons (Fsp3) is 0.240. The van der Waals surface area contributed by atoms with Crippen LogP contribution in [0.5, 0.6) is 0 Å². The zero-order valence-electron chi connectivity index (χ0n) is 18.0. The molecule has 2 aliphatic heterocycles. The predicted molar refractivity (Wildman–Crippen MR) is 126 cm³/mol. The van der Waals surface area contributed by atoms with Crippen LogP contribution < -0.4 is 10.6 Å². The smallest absolute Gasteiger partial charge is 0.268 e. The zero-order valence-corrected chi connectivity index (χ0v) is 18.8. The van der Waals surface area contributed by atoms with Gasteiger partial charge in [0, 0.05) is 30.9 Å². The van der Waals surface area contributed by atoms with Crippen molar-refractivity contribution in [3.8, 4) is 11.1 Å². The van der Waals surface area contributed by atoms with Crippen LogP contribution in [0.25, 0.3) is 11.1 Å². The molecule has 3 aromatic rings. The number of hydrogen-bond donors (Lipinski definition) is 2. The minimum absolute atomic E-state index is 0.183. The third kappa shape index (κ3) is 4.00. The fourth-order valence-corrected chi connectivity index (χ4v) is 4.69. The van der Waals surface area contributed by atoms with Gasteiger partial charge in [-0.2, -0.15) is 0 Å². The van der Waals surface area contributed by atoms with Gasteiger partial charge in [-0.15, -0.1) is 0 Å². The van der Waals surface area contributed by atoms with Crippen LogP contribution in [-0.2, 0) is 11.8 Å². The lowest BCUT2D eigenvalue weighted by atomic mass is 9.95. The SMILES string of the molecule is Cn1cccc1C(=O)NC1CCN2C(=O)c3cc(-c4ccc(Cl)cc4)ccc3NC(=O)C2C1. The average Bonchev–Trinajstić information content (AvgIpc) is 3.21. The maximum atomic E-state index is 13.4. The Morgan fingerprint density at radius 2 is 1.85 bits per heavy atom. The van der Waals surface area contributed by atoms with Crippen LogP contribution in [0.4, 0.5) is 5.69 Å². The number of nitrogens with one attached hydrogen (secondary N) is 2. The third-order valence-electron chi connectivity index (χ3n) is 6.36. The molecule has 0 aliphatic carbocycles. The Hall–Kier alpha value is -3.58. The third-order valence-corrected chi connectivity index (χ3v) is 6.61. The van der Waals surface area contributed by atoms with Gasteiger partial charge >= 0.3 is 0 Å². The van der Waals surface area contributed by atoms with Crippen LogP contribution >= 0.6 is 11.6 Å². The molecule has 1 fully saturated rings. The number of aryl methyl sites for hydroxylation is 1. The van der Waals surface area contributed by atoms with E-state index in [2.05, 4.69) is 10.6 Å². The highest BCUT2D eigenvalue weighted by molar-refractivity contribution is 6.30. The van der Waals surface area contributed by atoms with Crippen molar-refractivity contribution in [1.29, 1.82) is 0 Å². The van der Waals surface area contributed by atoms with Gasteiger partial charge in [0.25, 0.3) is 11.8 Å². The van der Waals surface area contributed by atoms with E-state index in [4.69, 9.17) is 11.6 Å². The first-order valence-corrected chi connectivity index (χ1v) is 11.2. The van der Waals surface area contributed by atoms with Crippen LogP contribution in [-0.4, -0.2) is 45.8 Å². The van der Waals surface area contributed by atoms with Gasteiger partial charge in [0.1, 0.15) is 11.7 Å². The molecule has 1 saturated heterocycles. The number of halogens is 1. The molecule has 0 radical (unpaired) electrons. The average molecular weight is 463 g/mol. The van der Waals surface area contributed by atoms with Gasteiger partial charge in [-0.25, -0.2) is 0 Å². The summed E-state index contributed by atoms with van der Waals surface area (Å²) in [5, 5.41) is 6.57. The van der Waals surface area contributed by atoms with E-state index in [-0.39, 0.29) is 23.8 Å². The molecule has 33 heavy (non-hydrogen) atoms. The van der Waals surface area contributed by atoms with E-state index in [9.17, 15) is 14.4 Å². The molecular weight excluding hydrogens is 440 g/mol. The van der Waals surface area contributed by atoms with Crippen molar-refractivity contribution in [3.05, 3.63) is 77.1 Å². The van der Waals surface area contributed by atoms with Crippen molar-refractivity contribution >= 4 is 35.0 Å². The number of rotatable bonds is 3. The van der Waals surface area contributed by atoms with Gasteiger partial charge < -0.3 is 20.1 Å². The minimum atomic E-state index is -0.642. The number of benzene rings is 2. The molecule has 2 aliphatic rings. The molecule has 0 spiro atoms. The molecule has 1 aromatic heterocycles. The summed E-state index contributed by atoms with van der Waals surface area (Å²) in [6, 6.07) is 15.6. The number of carbonyl (C=O) groups excluding carboxylic acids is 3. The normalized spacial score (nSPS) is 19.9. The molecule has 3 amide bonds. The van der Waals surface area contributed by atoms with Crippen molar-refractivity contribution in [2.75, 3.05) is 11.9 Å². The Bertz CT molecular complexity index is 1250. The van der Waals surface area contributed by atoms with Gasteiger partial charge in [0.05, 0.1) is 11.3 Å². The standard InChI is InChI=1S/C25H23ClN4O3/c1-29-11-2-3-21(29)23(31)27-18-10-12-30-22(14-18)24(32)28-20-9-6-16(13-19(20)25(30)33)15-4-7-17(26)8-5-15/h2-9,11,13,18,22H,10,12,14H2,1H3,(H,27,31)(H,28,32). The maximum absolute atomic E-state index is 13.4. The quantitative estimate of drug-likeness (QED) is 0.622. The van der Waals surface area contributed by atoms with Crippen molar-refractivity contribution < 1.29 is 14.4 Å². The molecule has 2 aromatic carbocycles. The molecule has 8 heteroatoms. The van der Waals surface area contributed by atoms with Crippen LogP contribution in [0.1, 0.15) is 33.7 Å². The molecular formula is C25H23ClN4O3. The summed E-state index contributed by atoms with van der Waals surface area (Å²) in [7, 11) is 1.81. The molecule has 7 nitrogen and oxygen atoms in total. The van der Waals surface area contributed by atoms with E-state index < -0.39 is 6.04 Å². The Kier molecular flexibility index (Phi) is 5.42. The van der Waals surface area contributed by atoms with E-state index in [1.807, 2.05) is 43.6 Å². The summed E-state index contributed by atoms with van der Waals surface area (Å²) < 4.78 is 1.75. The number of fused-ring (bicyclic) bond motifs is 2. The van der Waals surface area contributed by atoms with Crippen LogP contribution in [0.2, 0.25) is 5.02 Å². The molecule has 168 valence electrons. The fourth-order valence-electron chi connectivity index (χ4n) is 4.57. The topological polar surface area (TPSA) is 83.4 Å². The van der Waals surface area contributed by atoms with Gasteiger partial charge in [-0.3, -0.25) is 14.4 Å². The second-order valence-electron chi connectivity index (χ2n) is 8.47. The number of aromatic nitrogens is 1. The minimum Gasteiger partial charge on any atom is -0.348 e. The van der Waals surface area contributed by atoms with E-state index in [1.165, 1.54) is 0 Å². The van der Waals surface area contributed by atoms with Gasteiger partial charge in [-0.1, -0.05) is 29.8 Å². The second kappa shape index (κ2) is 8.41. The van der Waals surface area contributed by atoms with Crippen LogP contribution in [0, 0.1) is 0 Å². The highest BCUT2D eigenvalue weighted by Crippen LogP contribution is 2.32. The lowest BCUT2D eigenvalue weighted by Gasteiger charge is -2.37. The number of carbonyl (C=O) groups is 3. The maximum Gasteiger partial charge on any atom is 0.268 e. The number of piperidine rings is 1. The monoisotopic (exact) mass is 462 g/mol. The molecule has 2 N–H and O–H groups in total. The highest BCUT2D eigenvalue weighted by atomic mass is 35.5. The van der Waals surface area contributed by atoms with E-state index in [0.29, 0.717) is 41.4 Å². The molecule has 0 bridgehead atoms. The Balaban J connectivity index is 1.37. The number of nitrogens with zero attached hydrogens (tertiary/aromatic N) is 2. The molecule has 3 heterocycles. The van der Waals surface area contributed by atoms with Gasteiger partial charge in [-0.05, 0) is 60.4 Å². The summed E-state index contributed by atoms with van der Waals surface area (Å²) in [5.74, 6) is -0.604. The van der Waals surface area contributed by atoms with Gasteiger partial charge in [0.2, 0.25) is 5.91 Å². The van der Waals surface area contributed by atoms with Crippen molar-refractivity contribution in [3.63, 3.8) is 0 Å². The summed E-state index contributed by atoms with van der Waals surface area (Å²) in [5.41, 5.74) is 3.33. The lowest BCUT2D eigenvalue weighted by Crippen LogP contribution is -2.55. The van der Waals surface area contributed by atoms with E-state index in [0.717, 1.165) is 11.1 Å². The Labute approximate surface area is 196 Å². The van der Waals surface area contributed by atoms with E-state index in [1.54, 1.807) is 33.7 Å². The number of anilines is 1. The second-order valence-corrected chi connectivity index (χ2v) is 8.91. The molecule has 0 saturated carbocycles. The number of amides is 3. The lowest BCUT2D eigenvalue weighted by molar-refractivity contribution is -0.121. The zero-order chi connectivity index (χ0) is 23.1. The van der Waals surface area contributed by atoms with Crippen molar-refractivity contribution in [1.82, 2.24) is 14.8 Å². The highest BCUT2D eigenvalue weighted by Gasteiger charge is 2.40. The first-order chi connectivity index (χ1) is 15.9. The van der Waals surface area contributed by atoms with E-state index >= 15 is 0 Å². The summed E-state index contributed by atoms with van der Waals surface area (Å²) in [6.07, 6.45) is 2.76. The number of hydrogen-bond acceptors (Lipinski definition) is 3. The Morgan fingerprint density at radius 1 is 1.09 bits per heavy atom. The summed E-state index contributed by atoms with van der Waals surface area (Å²) >= 11 is 6.00. The summed E-state index contributed by atoms with van der Waals surface area (Å²) in [6.45, 7) is 0.389. The Morgan fingerprint density at radius 3 is 2.58 bits per heavy atom.